The Kier molecular flexibility index (Phi) is 5.98. The maximum Gasteiger partial charge on any atom is 0.224 e. The molecule has 0 saturated heterocycles. The molecule has 0 atom stereocenters. The fraction of sp³-hybridized carbons (Fsp3) is 0.235. The number of benzene rings is 2. The summed E-state index contributed by atoms with van der Waals surface area (Å²) < 4.78 is 24.7. The third-order valence-corrected chi connectivity index (χ3v) is 3.79. The van der Waals surface area contributed by atoms with Crippen LogP contribution in [0.3, 0.4) is 0 Å². The summed E-state index contributed by atoms with van der Waals surface area (Å²) in [6, 6.07) is 9.99. The van der Waals surface area contributed by atoms with E-state index >= 15 is 0 Å². The standard InChI is InChI=1S/C17H17BrFNO3/c1-22-15-7-3-11(9-16(15)23-2)4-8-17(21)20-14-6-5-12(18)10-13(14)19/h3,5-7,9-10H,4,8H2,1-2H3,(H,20,21). The molecular weight excluding hydrogens is 365 g/mol. The number of halogens is 2. The maximum absolute atomic E-state index is 13.7. The Balaban J connectivity index is 1.96. The highest BCUT2D eigenvalue weighted by molar-refractivity contribution is 9.10. The van der Waals surface area contributed by atoms with Crippen molar-refractivity contribution >= 4 is 27.5 Å². The Morgan fingerprint density at radius 2 is 1.87 bits per heavy atom. The van der Waals surface area contributed by atoms with E-state index in [9.17, 15) is 9.18 Å². The van der Waals surface area contributed by atoms with Crippen LogP contribution in [0.2, 0.25) is 0 Å². The molecule has 1 N–H and O–H groups in total. The van der Waals surface area contributed by atoms with Gasteiger partial charge in [0, 0.05) is 10.9 Å². The smallest absolute Gasteiger partial charge is 0.224 e. The summed E-state index contributed by atoms with van der Waals surface area (Å²) in [5.74, 6) is 0.529. The first kappa shape index (κ1) is 17.3. The minimum atomic E-state index is -0.473. The van der Waals surface area contributed by atoms with Gasteiger partial charge in [-0.2, -0.15) is 0 Å². The lowest BCUT2D eigenvalue weighted by Crippen LogP contribution is -2.13. The van der Waals surface area contributed by atoms with Crippen molar-refractivity contribution in [3.8, 4) is 11.5 Å². The second-order valence-corrected chi connectivity index (χ2v) is 5.78. The van der Waals surface area contributed by atoms with Crippen LogP contribution in [0.1, 0.15) is 12.0 Å². The molecule has 0 aliphatic rings. The number of nitrogens with one attached hydrogen (secondary N) is 1. The van der Waals surface area contributed by atoms with Crippen molar-refractivity contribution in [3.63, 3.8) is 0 Å². The van der Waals surface area contributed by atoms with Crippen LogP contribution in [0.4, 0.5) is 10.1 Å². The van der Waals surface area contributed by atoms with Crippen molar-refractivity contribution in [3.05, 3.63) is 52.3 Å². The van der Waals surface area contributed by atoms with Gasteiger partial charge in [-0.3, -0.25) is 4.79 Å². The summed E-state index contributed by atoms with van der Waals surface area (Å²) in [6.45, 7) is 0. The van der Waals surface area contributed by atoms with Gasteiger partial charge in [-0.25, -0.2) is 4.39 Å². The van der Waals surface area contributed by atoms with Gasteiger partial charge in [-0.15, -0.1) is 0 Å². The topological polar surface area (TPSA) is 47.6 Å². The fourth-order valence-corrected chi connectivity index (χ4v) is 2.43. The van der Waals surface area contributed by atoms with Gasteiger partial charge in [0.25, 0.3) is 0 Å². The summed E-state index contributed by atoms with van der Waals surface area (Å²) in [5.41, 5.74) is 1.11. The molecule has 2 aromatic carbocycles. The number of rotatable bonds is 6. The number of ether oxygens (including phenoxy) is 2. The molecule has 0 spiro atoms. The van der Waals surface area contributed by atoms with Crippen LogP contribution in [0.15, 0.2) is 40.9 Å². The summed E-state index contributed by atoms with van der Waals surface area (Å²) >= 11 is 3.17. The Morgan fingerprint density at radius 1 is 1.13 bits per heavy atom. The Labute approximate surface area is 142 Å². The molecule has 4 nitrogen and oxygen atoms in total. The molecule has 0 unspecified atom stereocenters. The predicted octanol–water partition coefficient (Wildman–Crippen LogP) is 4.18. The summed E-state index contributed by atoms with van der Waals surface area (Å²) in [5, 5.41) is 2.57. The van der Waals surface area contributed by atoms with Gasteiger partial charge in [-0.05, 0) is 42.3 Å². The second kappa shape index (κ2) is 7.97. The van der Waals surface area contributed by atoms with Crippen LogP contribution < -0.4 is 14.8 Å². The third kappa shape index (κ3) is 4.69. The molecule has 1 amide bonds. The number of amides is 1. The van der Waals surface area contributed by atoms with E-state index in [1.165, 1.54) is 12.1 Å². The molecule has 0 heterocycles. The summed E-state index contributed by atoms with van der Waals surface area (Å²) in [6.07, 6.45) is 0.759. The van der Waals surface area contributed by atoms with Crippen LogP contribution in [-0.2, 0) is 11.2 Å². The number of anilines is 1. The van der Waals surface area contributed by atoms with Crippen LogP contribution >= 0.6 is 15.9 Å². The SMILES string of the molecule is COc1ccc(CCC(=O)Nc2ccc(Br)cc2F)cc1OC. The second-order valence-electron chi connectivity index (χ2n) is 4.86. The highest BCUT2D eigenvalue weighted by Gasteiger charge is 2.09. The van der Waals surface area contributed by atoms with Crippen molar-refractivity contribution in [1.29, 1.82) is 0 Å². The molecule has 122 valence electrons. The van der Waals surface area contributed by atoms with Crippen molar-refractivity contribution in [2.45, 2.75) is 12.8 Å². The molecule has 2 aromatic rings. The number of hydrogen-bond acceptors (Lipinski definition) is 3. The van der Waals surface area contributed by atoms with Gasteiger partial charge in [0.15, 0.2) is 11.5 Å². The first-order valence-electron chi connectivity index (χ1n) is 6.99. The quantitative estimate of drug-likeness (QED) is 0.816. The maximum atomic E-state index is 13.7. The highest BCUT2D eigenvalue weighted by Crippen LogP contribution is 2.28. The number of methoxy groups -OCH3 is 2. The van der Waals surface area contributed by atoms with Gasteiger partial charge in [0.1, 0.15) is 5.82 Å². The summed E-state index contributed by atoms with van der Waals surface area (Å²) in [7, 11) is 3.13. The van der Waals surface area contributed by atoms with E-state index in [1.807, 2.05) is 12.1 Å². The minimum Gasteiger partial charge on any atom is -0.493 e. The molecule has 6 heteroatoms. The van der Waals surface area contributed by atoms with Gasteiger partial charge < -0.3 is 14.8 Å². The number of carbonyl (C=O) groups excluding carboxylic acids is 1. The Bertz CT molecular complexity index is 706. The Morgan fingerprint density at radius 3 is 2.52 bits per heavy atom. The lowest BCUT2D eigenvalue weighted by atomic mass is 10.1. The van der Waals surface area contributed by atoms with E-state index in [1.54, 1.807) is 26.4 Å². The molecule has 0 fully saturated rings. The van der Waals surface area contributed by atoms with Gasteiger partial charge in [0.2, 0.25) is 5.91 Å². The largest absolute Gasteiger partial charge is 0.493 e. The van der Waals surface area contributed by atoms with E-state index < -0.39 is 5.82 Å². The number of hydrogen-bond donors (Lipinski definition) is 1. The molecule has 0 aromatic heterocycles. The molecule has 2 rings (SSSR count). The minimum absolute atomic E-state index is 0.172. The van der Waals surface area contributed by atoms with Crippen LogP contribution in [0.25, 0.3) is 0 Å². The monoisotopic (exact) mass is 381 g/mol. The van der Waals surface area contributed by atoms with E-state index in [0.717, 1.165) is 5.56 Å². The van der Waals surface area contributed by atoms with E-state index in [4.69, 9.17) is 9.47 Å². The van der Waals surface area contributed by atoms with Gasteiger partial charge in [0.05, 0.1) is 19.9 Å². The lowest BCUT2D eigenvalue weighted by molar-refractivity contribution is -0.116. The zero-order chi connectivity index (χ0) is 16.8. The summed E-state index contributed by atoms with van der Waals surface area (Å²) in [4.78, 5) is 12.0. The third-order valence-electron chi connectivity index (χ3n) is 3.29. The zero-order valence-corrected chi connectivity index (χ0v) is 14.4. The molecule has 0 bridgehead atoms. The van der Waals surface area contributed by atoms with Crippen LogP contribution in [-0.4, -0.2) is 20.1 Å². The van der Waals surface area contributed by atoms with Gasteiger partial charge >= 0.3 is 0 Å². The molecular formula is C17H17BrFNO3. The van der Waals surface area contributed by atoms with Crippen molar-refractivity contribution in [2.75, 3.05) is 19.5 Å². The molecule has 0 aliphatic carbocycles. The highest BCUT2D eigenvalue weighted by atomic mass is 79.9. The first-order chi connectivity index (χ1) is 11.0. The average molecular weight is 382 g/mol. The molecule has 0 aliphatic heterocycles. The Hall–Kier alpha value is -2.08. The van der Waals surface area contributed by atoms with Crippen molar-refractivity contribution in [2.24, 2.45) is 0 Å². The van der Waals surface area contributed by atoms with E-state index in [0.29, 0.717) is 22.4 Å². The molecule has 0 saturated carbocycles. The van der Waals surface area contributed by atoms with E-state index in [-0.39, 0.29) is 18.0 Å². The molecule has 23 heavy (non-hydrogen) atoms. The average Bonchev–Trinajstić information content (AvgIpc) is 2.55. The van der Waals surface area contributed by atoms with Crippen molar-refractivity contribution in [1.82, 2.24) is 0 Å². The first-order valence-corrected chi connectivity index (χ1v) is 7.78. The fourth-order valence-electron chi connectivity index (χ4n) is 2.10. The van der Waals surface area contributed by atoms with Gasteiger partial charge in [-0.1, -0.05) is 22.0 Å². The molecule has 0 radical (unpaired) electrons. The van der Waals surface area contributed by atoms with Crippen LogP contribution in [0.5, 0.6) is 11.5 Å². The normalized spacial score (nSPS) is 10.3. The number of aryl methyl sites for hydroxylation is 1. The predicted molar refractivity (Wildman–Crippen MR) is 90.6 cm³/mol. The lowest BCUT2D eigenvalue weighted by Gasteiger charge is -2.10. The van der Waals surface area contributed by atoms with Crippen LogP contribution in [0, 0.1) is 5.82 Å². The number of carbonyl (C=O) groups is 1. The van der Waals surface area contributed by atoms with Crippen molar-refractivity contribution < 1.29 is 18.7 Å². The van der Waals surface area contributed by atoms with E-state index in [2.05, 4.69) is 21.2 Å². The zero-order valence-electron chi connectivity index (χ0n) is 12.9.